The van der Waals surface area contributed by atoms with E-state index in [1.165, 1.54) is 51.4 Å². The van der Waals surface area contributed by atoms with E-state index < -0.39 is 0 Å². The molecule has 1 atom stereocenters. The normalized spacial score (nSPS) is 10.3. The quantitative estimate of drug-likeness (QED) is 0.444. The van der Waals surface area contributed by atoms with Gasteiger partial charge in [0.25, 0.3) is 0 Å². The fraction of sp³-hybridized carbons (Fsp3) is 0.778. The largest absolute Gasteiger partial charge is 0.318 e. The van der Waals surface area contributed by atoms with E-state index in [1.54, 1.807) is 0 Å². The summed E-state index contributed by atoms with van der Waals surface area (Å²) in [5.74, 6) is 5.07. The first kappa shape index (κ1) is 25.3. The maximum atomic E-state index is 5.52. The van der Waals surface area contributed by atoms with Crippen molar-refractivity contribution in [3.05, 3.63) is 0 Å². The molecule has 21 heavy (non-hydrogen) atoms. The van der Waals surface area contributed by atoms with E-state index in [-0.39, 0.29) is 18.4 Å². The monoisotopic (exact) mass is 314 g/mol. The van der Waals surface area contributed by atoms with E-state index in [4.69, 9.17) is 18.6 Å². The average Bonchev–Trinajstić information content (AvgIpc) is 2.48. The van der Waals surface area contributed by atoms with E-state index >= 15 is 0 Å². The molecule has 3 N–H and O–H groups in total. The maximum Gasteiger partial charge on any atom is 0.0661 e. The van der Waals surface area contributed by atoms with Crippen molar-refractivity contribution in [1.82, 2.24) is 5.32 Å². The van der Waals surface area contributed by atoms with Gasteiger partial charge < -0.3 is 11.1 Å². The highest BCUT2D eigenvalue weighted by Gasteiger charge is 1.94. The van der Waals surface area contributed by atoms with Gasteiger partial charge in [-0.1, -0.05) is 70.6 Å². The Morgan fingerprint density at radius 2 is 1.52 bits per heavy atom. The number of hydrogen-bond acceptors (Lipinski definition) is 2. The summed E-state index contributed by atoms with van der Waals surface area (Å²) >= 11 is 0. The Labute approximate surface area is 139 Å². The number of hydrogen-bond donors (Lipinski definition) is 2. The molecule has 0 aliphatic heterocycles. The standard InChI is InChI=1S/2C9H17N.ClH/c1-3-5-6-7-8-9(10)4-2;1-3-5-6-7-9-10-8-4-2;/h2,9H,3,5-8,10H2,1H3;2,10H,3,5-9H2,1H3;1H. The molecule has 2 nitrogen and oxygen atoms in total. The molecule has 0 fully saturated rings. The third-order valence-corrected chi connectivity index (χ3v) is 3.02. The van der Waals surface area contributed by atoms with Crippen LogP contribution in [0.5, 0.6) is 0 Å². The van der Waals surface area contributed by atoms with Crippen LogP contribution in [-0.4, -0.2) is 19.1 Å². The summed E-state index contributed by atoms with van der Waals surface area (Å²) in [4.78, 5) is 0. The highest BCUT2D eigenvalue weighted by atomic mass is 35.5. The fourth-order valence-electron chi connectivity index (χ4n) is 1.71. The van der Waals surface area contributed by atoms with Crippen LogP contribution in [0.4, 0.5) is 0 Å². The number of terminal acetylenes is 2. The van der Waals surface area contributed by atoms with Gasteiger partial charge in [-0.15, -0.1) is 25.3 Å². The predicted octanol–water partition coefficient (Wildman–Crippen LogP) is 4.13. The molecule has 0 saturated heterocycles. The molecule has 0 aliphatic carbocycles. The van der Waals surface area contributed by atoms with Crippen molar-refractivity contribution in [2.75, 3.05) is 13.1 Å². The molecule has 3 heteroatoms. The molecule has 0 bridgehead atoms. The highest BCUT2D eigenvalue weighted by Crippen LogP contribution is 2.03. The van der Waals surface area contributed by atoms with Gasteiger partial charge in [-0.2, -0.15) is 0 Å². The Morgan fingerprint density at radius 3 is 2.00 bits per heavy atom. The first-order valence-corrected chi connectivity index (χ1v) is 8.08. The molecular formula is C18H35ClN2. The van der Waals surface area contributed by atoms with Gasteiger partial charge in [0, 0.05) is 0 Å². The van der Waals surface area contributed by atoms with Crippen LogP contribution in [0.1, 0.15) is 71.6 Å². The second-order valence-electron chi connectivity index (χ2n) is 5.06. The number of unbranched alkanes of at least 4 members (excludes halogenated alkanes) is 6. The smallest absolute Gasteiger partial charge is 0.0661 e. The van der Waals surface area contributed by atoms with Crippen molar-refractivity contribution in [1.29, 1.82) is 0 Å². The fourth-order valence-corrected chi connectivity index (χ4v) is 1.71. The van der Waals surface area contributed by atoms with E-state index in [2.05, 4.69) is 31.0 Å². The topological polar surface area (TPSA) is 38.0 Å². The van der Waals surface area contributed by atoms with E-state index in [1.807, 2.05) is 0 Å². The summed E-state index contributed by atoms with van der Waals surface area (Å²) in [6, 6.07) is -0.0168. The van der Waals surface area contributed by atoms with Gasteiger partial charge in [0.1, 0.15) is 0 Å². The van der Waals surface area contributed by atoms with Crippen molar-refractivity contribution in [3.8, 4) is 24.7 Å². The van der Waals surface area contributed by atoms with Crippen LogP contribution < -0.4 is 11.1 Å². The molecule has 124 valence electrons. The number of nitrogens with two attached hydrogens (primary N) is 1. The number of rotatable bonds is 11. The van der Waals surface area contributed by atoms with Crippen LogP contribution in [0.15, 0.2) is 0 Å². The van der Waals surface area contributed by atoms with Crippen LogP contribution in [0.25, 0.3) is 0 Å². The summed E-state index contributed by atoms with van der Waals surface area (Å²) in [6.07, 6.45) is 21.4. The van der Waals surface area contributed by atoms with Gasteiger partial charge >= 0.3 is 0 Å². The molecule has 0 heterocycles. The molecular weight excluding hydrogens is 280 g/mol. The van der Waals surface area contributed by atoms with E-state index in [9.17, 15) is 0 Å². The number of nitrogens with one attached hydrogen (secondary N) is 1. The molecule has 0 aromatic heterocycles. The van der Waals surface area contributed by atoms with Gasteiger partial charge in [0.05, 0.1) is 12.6 Å². The SMILES string of the molecule is C#CC(N)CCCCCC.C#CCNCCCCCC.Cl. The van der Waals surface area contributed by atoms with Gasteiger partial charge in [-0.05, 0) is 19.4 Å². The summed E-state index contributed by atoms with van der Waals surface area (Å²) in [5, 5.41) is 3.16. The predicted molar refractivity (Wildman–Crippen MR) is 98.7 cm³/mol. The molecule has 0 radical (unpaired) electrons. The lowest BCUT2D eigenvalue weighted by Crippen LogP contribution is -2.16. The molecule has 0 amide bonds. The van der Waals surface area contributed by atoms with Crippen molar-refractivity contribution in [3.63, 3.8) is 0 Å². The summed E-state index contributed by atoms with van der Waals surface area (Å²) in [6.45, 7) is 6.20. The third-order valence-electron chi connectivity index (χ3n) is 3.02. The summed E-state index contributed by atoms with van der Waals surface area (Å²) < 4.78 is 0. The van der Waals surface area contributed by atoms with Gasteiger partial charge in [0.2, 0.25) is 0 Å². The molecule has 0 spiro atoms. The Kier molecular flexibility index (Phi) is 29.3. The van der Waals surface area contributed by atoms with Crippen molar-refractivity contribution in [2.45, 2.75) is 77.7 Å². The molecule has 0 aromatic rings. The Bertz CT molecular complexity index is 253. The van der Waals surface area contributed by atoms with Crippen LogP contribution in [-0.2, 0) is 0 Å². The molecule has 0 aromatic carbocycles. The summed E-state index contributed by atoms with van der Waals surface area (Å²) in [7, 11) is 0. The first-order valence-electron chi connectivity index (χ1n) is 8.08. The van der Waals surface area contributed by atoms with Crippen LogP contribution in [0.2, 0.25) is 0 Å². The summed E-state index contributed by atoms with van der Waals surface area (Å²) in [5.41, 5.74) is 5.52. The zero-order valence-electron chi connectivity index (χ0n) is 14.0. The van der Waals surface area contributed by atoms with Gasteiger partial charge in [0.15, 0.2) is 0 Å². The molecule has 0 saturated carbocycles. The lowest BCUT2D eigenvalue weighted by Gasteiger charge is -2.01. The Morgan fingerprint density at radius 1 is 0.952 bits per heavy atom. The Balaban J connectivity index is -0.000000295. The zero-order chi connectivity index (χ0) is 15.5. The average molecular weight is 315 g/mol. The van der Waals surface area contributed by atoms with Gasteiger partial charge in [-0.25, -0.2) is 0 Å². The lowest BCUT2D eigenvalue weighted by molar-refractivity contribution is 0.607. The van der Waals surface area contributed by atoms with Crippen LogP contribution in [0, 0.1) is 24.7 Å². The molecule has 0 aliphatic rings. The highest BCUT2D eigenvalue weighted by molar-refractivity contribution is 5.85. The van der Waals surface area contributed by atoms with Crippen LogP contribution >= 0.6 is 12.4 Å². The maximum absolute atomic E-state index is 5.52. The lowest BCUT2D eigenvalue weighted by atomic mass is 10.1. The minimum Gasteiger partial charge on any atom is -0.318 e. The van der Waals surface area contributed by atoms with Crippen molar-refractivity contribution >= 4 is 12.4 Å². The number of halogens is 1. The second kappa shape index (κ2) is 24.4. The van der Waals surface area contributed by atoms with E-state index in [0.717, 1.165) is 13.0 Å². The first-order chi connectivity index (χ1) is 9.72. The Hall–Kier alpha value is -0.670. The second-order valence-corrected chi connectivity index (χ2v) is 5.06. The minimum atomic E-state index is -0.0168. The zero-order valence-corrected chi connectivity index (χ0v) is 14.8. The minimum absolute atomic E-state index is 0. The third kappa shape index (κ3) is 28.3. The molecule has 1 unspecified atom stereocenters. The van der Waals surface area contributed by atoms with Crippen LogP contribution in [0.3, 0.4) is 0 Å². The van der Waals surface area contributed by atoms with Crippen molar-refractivity contribution in [2.24, 2.45) is 5.73 Å². The van der Waals surface area contributed by atoms with E-state index in [0.29, 0.717) is 6.54 Å². The van der Waals surface area contributed by atoms with Gasteiger partial charge in [-0.3, -0.25) is 0 Å². The molecule has 0 rings (SSSR count). The van der Waals surface area contributed by atoms with Crippen molar-refractivity contribution < 1.29 is 0 Å².